The standard InChI is InChI=1S/C7H8N4O2S/c1-6(5-8)14(12,13)11-7-9-3-2-4-10-7/h2-4,6H,1H3,(H,9,10,11). The second-order valence-corrected chi connectivity index (χ2v) is 4.49. The van der Waals surface area contributed by atoms with Crippen molar-refractivity contribution < 1.29 is 8.42 Å². The van der Waals surface area contributed by atoms with Crippen LogP contribution in [-0.2, 0) is 10.0 Å². The monoisotopic (exact) mass is 212 g/mol. The molecule has 1 N–H and O–H groups in total. The molecule has 1 aromatic rings. The number of aromatic nitrogens is 2. The lowest BCUT2D eigenvalue weighted by atomic mass is 10.5. The van der Waals surface area contributed by atoms with E-state index in [2.05, 4.69) is 14.7 Å². The first-order valence-electron chi connectivity index (χ1n) is 3.74. The minimum absolute atomic E-state index is 0.0328. The molecule has 6 nitrogen and oxygen atoms in total. The molecule has 1 atom stereocenters. The number of anilines is 1. The Morgan fingerprint density at radius 2 is 2.07 bits per heavy atom. The van der Waals surface area contributed by atoms with E-state index in [0.29, 0.717) is 0 Å². The van der Waals surface area contributed by atoms with Gasteiger partial charge in [0.15, 0.2) is 5.25 Å². The number of nitrogens with one attached hydrogen (secondary N) is 1. The van der Waals surface area contributed by atoms with E-state index in [9.17, 15) is 8.42 Å². The second-order valence-electron chi connectivity index (χ2n) is 2.49. The Kier molecular flexibility index (Phi) is 2.99. The van der Waals surface area contributed by atoms with Gasteiger partial charge in [0, 0.05) is 12.4 Å². The van der Waals surface area contributed by atoms with Gasteiger partial charge >= 0.3 is 0 Å². The van der Waals surface area contributed by atoms with Crippen LogP contribution in [0, 0.1) is 11.3 Å². The van der Waals surface area contributed by atoms with Crippen LogP contribution in [0.25, 0.3) is 0 Å². The van der Waals surface area contributed by atoms with E-state index in [4.69, 9.17) is 5.26 Å². The van der Waals surface area contributed by atoms with Crippen LogP contribution in [0.15, 0.2) is 18.5 Å². The zero-order valence-electron chi connectivity index (χ0n) is 7.38. The Balaban J connectivity index is 2.86. The number of hydrogen-bond donors (Lipinski definition) is 1. The highest BCUT2D eigenvalue weighted by molar-refractivity contribution is 7.93. The highest BCUT2D eigenvalue weighted by Gasteiger charge is 2.20. The maximum atomic E-state index is 11.3. The lowest BCUT2D eigenvalue weighted by molar-refractivity contribution is 0.596. The van der Waals surface area contributed by atoms with Gasteiger partial charge in [-0.3, -0.25) is 4.72 Å². The van der Waals surface area contributed by atoms with Crippen LogP contribution >= 0.6 is 0 Å². The van der Waals surface area contributed by atoms with E-state index in [1.165, 1.54) is 19.3 Å². The fourth-order valence-corrected chi connectivity index (χ4v) is 1.31. The second kappa shape index (κ2) is 4.02. The van der Waals surface area contributed by atoms with Crippen LogP contribution in [0.1, 0.15) is 6.92 Å². The predicted octanol–water partition coefficient (Wildman–Crippen LogP) is 0.130. The van der Waals surface area contributed by atoms with Gasteiger partial charge in [0.05, 0.1) is 6.07 Å². The molecule has 0 aromatic carbocycles. The zero-order valence-corrected chi connectivity index (χ0v) is 8.19. The molecule has 0 fully saturated rings. The molecule has 1 rings (SSSR count). The molecule has 0 aliphatic heterocycles. The van der Waals surface area contributed by atoms with Crippen LogP contribution in [-0.4, -0.2) is 23.6 Å². The van der Waals surface area contributed by atoms with Gasteiger partial charge in [-0.25, -0.2) is 18.4 Å². The Bertz CT molecular complexity index is 437. The lowest BCUT2D eigenvalue weighted by Gasteiger charge is -2.06. The van der Waals surface area contributed by atoms with Crippen molar-refractivity contribution in [3.63, 3.8) is 0 Å². The zero-order chi connectivity index (χ0) is 10.6. The largest absolute Gasteiger partial charge is 0.251 e. The fourth-order valence-electron chi connectivity index (χ4n) is 0.637. The van der Waals surface area contributed by atoms with Crippen molar-refractivity contribution in [3.8, 4) is 6.07 Å². The highest BCUT2D eigenvalue weighted by Crippen LogP contribution is 2.04. The maximum absolute atomic E-state index is 11.3. The number of nitrogens with zero attached hydrogens (tertiary/aromatic N) is 3. The molecule has 0 spiro atoms. The fraction of sp³-hybridized carbons (Fsp3) is 0.286. The number of hydrogen-bond acceptors (Lipinski definition) is 5. The number of nitriles is 1. The Morgan fingerprint density at radius 3 is 2.57 bits per heavy atom. The van der Waals surface area contributed by atoms with Crippen LogP contribution in [0.4, 0.5) is 5.95 Å². The molecule has 14 heavy (non-hydrogen) atoms. The van der Waals surface area contributed by atoms with Gasteiger partial charge in [-0.05, 0) is 13.0 Å². The molecule has 0 aliphatic carbocycles. The van der Waals surface area contributed by atoms with E-state index in [-0.39, 0.29) is 5.95 Å². The third-order valence-corrected chi connectivity index (χ3v) is 2.95. The Morgan fingerprint density at radius 1 is 1.50 bits per heavy atom. The van der Waals surface area contributed by atoms with E-state index >= 15 is 0 Å². The molecule has 1 unspecified atom stereocenters. The smallest absolute Gasteiger partial charge is 0.250 e. The quantitative estimate of drug-likeness (QED) is 0.768. The first-order chi connectivity index (χ1) is 6.56. The summed E-state index contributed by atoms with van der Waals surface area (Å²) in [6.45, 7) is 1.28. The van der Waals surface area contributed by atoms with E-state index in [1.54, 1.807) is 12.1 Å². The molecular weight excluding hydrogens is 204 g/mol. The van der Waals surface area contributed by atoms with Crippen molar-refractivity contribution >= 4 is 16.0 Å². The molecule has 7 heteroatoms. The van der Waals surface area contributed by atoms with Crippen molar-refractivity contribution in [2.24, 2.45) is 0 Å². The molecule has 0 saturated heterocycles. The van der Waals surface area contributed by atoms with Gasteiger partial charge in [0.25, 0.3) is 10.0 Å². The van der Waals surface area contributed by atoms with Crippen LogP contribution < -0.4 is 4.72 Å². The third kappa shape index (κ3) is 2.40. The van der Waals surface area contributed by atoms with Crippen molar-refractivity contribution in [3.05, 3.63) is 18.5 Å². The third-order valence-electron chi connectivity index (χ3n) is 1.45. The molecule has 74 valence electrons. The molecule has 1 aromatic heterocycles. The van der Waals surface area contributed by atoms with E-state index < -0.39 is 15.3 Å². The summed E-state index contributed by atoms with van der Waals surface area (Å²) in [5.41, 5.74) is 0. The van der Waals surface area contributed by atoms with Gasteiger partial charge in [-0.1, -0.05) is 0 Å². The molecule has 0 saturated carbocycles. The first kappa shape index (κ1) is 10.4. The SMILES string of the molecule is CC(C#N)S(=O)(=O)Nc1ncccn1. The van der Waals surface area contributed by atoms with Crippen LogP contribution in [0.3, 0.4) is 0 Å². The minimum atomic E-state index is -3.70. The van der Waals surface area contributed by atoms with E-state index in [0.717, 1.165) is 0 Å². The van der Waals surface area contributed by atoms with Gasteiger partial charge < -0.3 is 0 Å². The summed E-state index contributed by atoms with van der Waals surface area (Å²) in [7, 11) is -3.70. The van der Waals surface area contributed by atoms with Crippen LogP contribution in [0.5, 0.6) is 0 Å². The summed E-state index contributed by atoms with van der Waals surface area (Å²) < 4.78 is 24.7. The molecular formula is C7H8N4O2S. The van der Waals surface area contributed by atoms with Crippen molar-refractivity contribution in [2.45, 2.75) is 12.2 Å². The van der Waals surface area contributed by atoms with Gasteiger partial charge in [0.2, 0.25) is 5.95 Å². The summed E-state index contributed by atoms with van der Waals surface area (Å²) in [5.74, 6) is -0.0328. The summed E-state index contributed by atoms with van der Waals surface area (Å²) >= 11 is 0. The van der Waals surface area contributed by atoms with Gasteiger partial charge in [0.1, 0.15) is 0 Å². The summed E-state index contributed by atoms with van der Waals surface area (Å²) in [6, 6.07) is 3.18. The molecule has 0 bridgehead atoms. The average molecular weight is 212 g/mol. The highest BCUT2D eigenvalue weighted by atomic mass is 32.2. The van der Waals surface area contributed by atoms with E-state index in [1.807, 2.05) is 0 Å². The minimum Gasteiger partial charge on any atom is -0.250 e. The average Bonchev–Trinajstić information content (AvgIpc) is 2.17. The number of rotatable bonds is 3. The van der Waals surface area contributed by atoms with Crippen LogP contribution in [0.2, 0.25) is 0 Å². The lowest BCUT2D eigenvalue weighted by Crippen LogP contribution is -2.24. The first-order valence-corrected chi connectivity index (χ1v) is 5.29. The number of sulfonamides is 1. The van der Waals surface area contributed by atoms with Gasteiger partial charge in [-0.2, -0.15) is 5.26 Å². The molecule has 0 amide bonds. The topological polar surface area (TPSA) is 95.7 Å². The van der Waals surface area contributed by atoms with Crippen molar-refractivity contribution in [1.82, 2.24) is 9.97 Å². The Labute approximate surface area is 81.7 Å². The summed E-state index contributed by atoms with van der Waals surface area (Å²) in [5, 5.41) is 7.31. The molecule has 1 heterocycles. The predicted molar refractivity (Wildman–Crippen MR) is 49.6 cm³/mol. The summed E-state index contributed by atoms with van der Waals surface area (Å²) in [4.78, 5) is 7.34. The van der Waals surface area contributed by atoms with Crippen molar-refractivity contribution in [2.75, 3.05) is 4.72 Å². The van der Waals surface area contributed by atoms with Gasteiger partial charge in [-0.15, -0.1) is 0 Å². The molecule has 0 radical (unpaired) electrons. The molecule has 0 aliphatic rings. The van der Waals surface area contributed by atoms with Crippen molar-refractivity contribution in [1.29, 1.82) is 5.26 Å². The Hall–Kier alpha value is -1.68. The normalized spacial score (nSPS) is 12.9. The maximum Gasteiger partial charge on any atom is 0.251 e. The summed E-state index contributed by atoms with van der Waals surface area (Å²) in [6.07, 6.45) is 2.81.